The van der Waals surface area contributed by atoms with E-state index < -0.39 is 0 Å². The molecule has 4 nitrogen and oxygen atoms in total. The first kappa shape index (κ1) is 14.5. The number of nitrogens with zero attached hydrogens (tertiary/aromatic N) is 1. The summed E-state index contributed by atoms with van der Waals surface area (Å²) in [5.74, 6) is 0.712. The van der Waals surface area contributed by atoms with Crippen LogP contribution in [0.25, 0.3) is 0 Å². The number of Topliss-reactive ketones (excluding diaryl/α,β-unsaturated/α-hetero) is 1. The second-order valence-electron chi connectivity index (χ2n) is 4.92. The van der Waals surface area contributed by atoms with E-state index >= 15 is 0 Å². The Labute approximate surface area is 109 Å². The first-order valence-electron chi connectivity index (χ1n) is 6.13. The molecule has 0 heterocycles. The van der Waals surface area contributed by atoms with Gasteiger partial charge >= 0.3 is 0 Å². The van der Waals surface area contributed by atoms with E-state index in [0.29, 0.717) is 23.6 Å². The van der Waals surface area contributed by atoms with E-state index in [0.717, 1.165) is 6.54 Å². The van der Waals surface area contributed by atoms with Gasteiger partial charge in [0.2, 0.25) is 0 Å². The van der Waals surface area contributed by atoms with Crippen molar-refractivity contribution >= 4 is 11.5 Å². The van der Waals surface area contributed by atoms with Gasteiger partial charge in [0.25, 0.3) is 0 Å². The molecule has 0 fully saturated rings. The van der Waals surface area contributed by atoms with E-state index in [2.05, 4.69) is 0 Å². The van der Waals surface area contributed by atoms with Crippen LogP contribution in [-0.4, -0.2) is 37.9 Å². The third kappa shape index (κ3) is 4.04. The van der Waals surface area contributed by atoms with Crippen molar-refractivity contribution in [2.24, 2.45) is 5.92 Å². The lowest BCUT2D eigenvalue weighted by Gasteiger charge is -2.13. The molecule has 0 saturated carbocycles. The van der Waals surface area contributed by atoms with E-state index in [-0.39, 0.29) is 11.7 Å². The predicted molar refractivity (Wildman–Crippen MR) is 74.1 cm³/mol. The van der Waals surface area contributed by atoms with Gasteiger partial charge in [0.05, 0.1) is 5.69 Å². The van der Waals surface area contributed by atoms with Gasteiger partial charge in [0.15, 0.2) is 5.78 Å². The Morgan fingerprint density at radius 2 is 2.06 bits per heavy atom. The Bertz CT molecular complexity index is 414. The van der Waals surface area contributed by atoms with Crippen molar-refractivity contribution in [2.45, 2.75) is 13.8 Å². The fraction of sp³-hybridized carbons (Fsp3) is 0.500. The van der Waals surface area contributed by atoms with Gasteiger partial charge in [-0.15, -0.1) is 0 Å². The highest BCUT2D eigenvalue weighted by molar-refractivity contribution is 5.98. The molecule has 1 aromatic carbocycles. The van der Waals surface area contributed by atoms with Crippen molar-refractivity contribution in [3.05, 3.63) is 23.8 Å². The molecule has 100 valence electrons. The number of hydrogen-bond donors (Lipinski definition) is 1. The van der Waals surface area contributed by atoms with Crippen LogP contribution in [0.4, 0.5) is 5.69 Å². The number of rotatable bonds is 6. The van der Waals surface area contributed by atoms with Gasteiger partial charge in [0.1, 0.15) is 12.4 Å². The van der Waals surface area contributed by atoms with Crippen LogP contribution in [0, 0.1) is 5.92 Å². The van der Waals surface area contributed by atoms with E-state index in [4.69, 9.17) is 10.5 Å². The Morgan fingerprint density at radius 1 is 1.39 bits per heavy atom. The molecule has 0 aliphatic heterocycles. The quantitative estimate of drug-likeness (QED) is 0.620. The molecule has 0 bridgehead atoms. The first-order chi connectivity index (χ1) is 8.41. The molecule has 1 aromatic rings. The lowest BCUT2D eigenvalue weighted by Crippen LogP contribution is -2.19. The highest BCUT2D eigenvalue weighted by Gasteiger charge is 2.12. The number of carbonyl (C=O) groups excluding carboxylic acids is 1. The summed E-state index contributed by atoms with van der Waals surface area (Å²) < 4.78 is 5.56. The van der Waals surface area contributed by atoms with Crippen LogP contribution < -0.4 is 10.5 Å². The molecule has 0 unspecified atom stereocenters. The van der Waals surface area contributed by atoms with Gasteiger partial charge in [-0.2, -0.15) is 0 Å². The summed E-state index contributed by atoms with van der Waals surface area (Å²) in [5, 5.41) is 0. The molecule has 0 radical (unpaired) electrons. The highest BCUT2D eigenvalue weighted by Crippen LogP contribution is 2.23. The van der Waals surface area contributed by atoms with Gasteiger partial charge in [0, 0.05) is 18.0 Å². The lowest BCUT2D eigenvalue weighted by molar-refractivity contribution is 0.0939. The second-order valence-corrected chi connectivity index (χ2v) is 4.92. The normalized spacial score (nSPS) is 11.0. The molecule has 0 aromatic heterocycles. The summed E-state index contributed by atoms with van der Waals surface area (Å²) in [4.78, 5) is 13.8. The Balaban J connectivity index is 2.71. The molecule has 0 atom stereocenters. The average molecular weight is 250 g/mol. The maximum atomic E-state index is 11.8. The standard InChI is InChI=1S/C14H22N2O2/c1-10(2)14(17)11-5-6-13(12(15)9-11)18-8-7-16(3)4/h5-6,9-10H,7-8,15H2,1-4H3. The van der Waals surface area contributed by atoms with Crippen molar-refractivity contribution in [1.29, 1.82) is 0 Å². The maximum absolute atomic E-state index is 11.8. The number of anilines is 1. The van der Waals surface area contributed by atoms with E-state index in [1.165, 1.54) is 0 Å². The van der Waals surface area contributed by atoms with Crippen LogP contribution in [0.5, 0.6) is 5.75 Å². The van der Waals surface area contributed by atoms with Crippen molar-refractivity contribution in [3.63, 3.8) is 0 Å². The molecule has 0 amide bonds. The van der Waals surface area contributed by atoms with Crippen molar-refractivity contribution in [1.82, 2.24) is 4.90 Å². The molecule has 1 rings (SSSR count). The van der Waals surface area contributed by atoms with Gasteiger partial charge in [-0.05, 0) is 32.3 Å². The SMILES string of the molecule is CC(C)C(=O)c1ccc(OCCN(C)C)c(N)c1. The third-order valence-electron chi connectivity index (χ3n) is 2.61. The van der Waals surface area contributed by atoms with Crippen LogP contribution >= 0.6 is 0 Å². The van der Waals surface area contributed by atoms with E-state index in [1.807, 2.05) is 32.8 Å². The molecule has 0 saturated heterocycles. The van der Waals surface area contributed by atoms with Gasteiger partial charge in [-0.3, -0.25) is 4.79 Å². The van der Waals surface area contributed by atoms with Crippen LogP contribution in [-0.2, 0) is 0 Å². The summed E-state index contributed by atoms with van der Waals surface area (Å²) in [6.07, 6.45) is 0. The smallest absolute Gasteiger partial charge is 0.165 e. The molecule has 4 heteroatoms. The number of nitrogen functional groups attached to an aromatic ring is 1. The summed E-state index contributed by atoms with van der Waals surface area (Å²) in [6, 6.07) is 5.22. The molecule has 0 spiro atoms. The summed E-state index contributed by atoms with van der Waals surface area (Å²) >= 11 is 0. The largest absolute Gasteiger partial charge is 0.490 e. The van der Waals surface area contributed by atoms with E-state index in [1.54, 1.807) is 18.2 Å². The molecular weight excluding hydrogens is 228 g/mol. The fourth-order valence-electron chi connectivity index (χ4n) is 1.50. The minimum Gasteiger partial charge on any atom is -0.490 e. The second kappa shape index (κ2) is 6.40. The molecule has 0 aliphatic carbocycles. The van der Waals surface area contributed by atoms with Crippen molar-refractivity contribution < 1.29 is 9.53 Å². The Hall–Kier alpha value is -1.55. The summed E-state index contributed by atoms with van der Waals surface area (Å²) in [7, 11) is 3.97. The number of ether oxygens (including phenoxy) is 1. The monoisotopic (exact) mass is 250 g/mol. The summed E-state index contributed by atoms with van der Waals surface area (Å²) in [5.41, 5.74) is 7.04. The van der Waals surface area contributed by atoms with Gasteiger partial charge < -0.3 is 15.4 Å². The van der Waals surface area contributed by atoms with Crippen LogP contribution in [0.1, 0.15) is 24.2 Å². The van der Waals surface area contributed by atoms with E-state index in [9.17, 15) is 4.79 Å². The zero-order chi connectivity index (χ0) is 13.7. The molecular formula is C14H22N2O2. The van der Waals surface area contributed by atoms with Crippen molar-refractivity contribution in [3.8, 4) is 5.75 Å². The predicted octanol–water partition coefficient (Wildman–Crippen LogP) is 2.05. The van der Waals surface area contributed by atoms with Gasteiger partial charge in [-0.1, -0.05) is 13.8 Å². The number of likely N-dealkylation sites (N-methyl/N-ethyl adjacent to an activating group) is 1. The molecule has 18 heavy (non-hydrogen) atoms. The first-order valence-corrected chi connectivity index (χ1v) is 6.13. The zero-order valence-corrected chi connectivity index (χ0v) is 11.6. The summed E-state index contributed by atoms with van der Waals surface area (Å²) in [6.45, 7) is 5.15. The number of carbonyl (C=O) groups is 1. The molecule has 2 N–H and O–H groups in total. The maximum Gasteiger partial charge on any atom is 0.165 e. The van der Waals surface area contributed by atoms with Gasteiger partial charge in [-0.25, -0.2) is 0 Å². The third-order valence-corrected chi connectivity index (χ3v) is 2.61. The lowest BCUT2D eigenvalue weighted by atomic mass is 10.0. The van der Waals surface area contributed by atoms with Crippen LogP contribution in [0.2, 0.25) is 0 Å². The van der Waals surface area contributed by atoms with Crippen molar-refractivity contribution in [2.75, 3.05) is 33.0 Å². The number of hydrogen-bond acceptors (Lipinski definition) is 4. The topological polar surface area (TPSA) is 55.6 Å². The minimum absolute atomic E-state index is 0.0232. The number of benzene rings is 1. The number of ketones is 1. The zero-order valence-electron chi connectivity index (χ0n) is 11.6. The molecule has 0 aliphatic rings. The fourth-order valence-corrected chi connectivity index (χ4v) is 1.50. The Kier molecular flexibility index (Phi) is 5.16. The number of nitrogens with two attached hydrogens (primary N) is 1. The minimum atomic E-state index is -0.0232. The average Bonchev–Trinajstić information content (AvgIpc) is 2.29. The van der Waals surface area contributed by atoms with Crippen LogP contribution in [0.15, 0.2) is 18.2 Å². The highest BCUT2D eigenvalue weighted by atomic mass is 16.5. The Morgan fingerprint density at radius 3 is 2.56 bits per heavy atom. The van der Waals surface area contributed by atoms with Crippen LogP contribution in [0.3, 0.4) is 0 Å².